The van der Waals surface area contributed by atoms with Crippen LogP contribution in [-0.2, 0) is 4.74 Å². The molecule has 5 heteroatoms. The first-order valence-electron chi connectivity index (χ1n) is 6.60. The fourth-order valence-electron chi connectivity index (χ4n) is 2.37. The molecule has 1 saturated carbocycles. The first-order chi connectivity index (χ1) is 8.78. The van der Waals surface area contributed by atoms with E-state index in [0.29, 0.717) is 5.92 Å². The van der Waals surface area contributed by atoms with Gasteiger partial charge in [-0.2, -0.15) is 0 Å². The molecular weight excluding hydrogens is 248 g/mol. The number of hydrogen-bond acceptors (Lipinski definition) is 5. The minimum Gasteiger partial charge on any atom is -0.377 e. The lowest BCUT2D eigenvalue weighted by Crippen LogP contribution is -2.29. The predicted molar refractivity (Wildman–Crippen MR) is 71.7 cm³/mol. The second-order valence-electron chi connectivity index (χ2n) is 5.12. The number of ether oxygens (including phenoxy) is 1. The van der Waals surface area contributed by atoms with Gasteiger partial charge in [0.05, 0.1) is 16.7 Å². The van der Waals surface area contributed by atoms with E-state index < -0.39 is 0 Å². The van der Waals surface area contributed by atoms with Crippen LogP contribution in [0.25, 0.3) is 0 Å². The van der Waals surface area contributed by atoms with Crippen molar-refractivity contribution in [1.29, 1.82) is 0 Å². The summed E-state index contributed by atoms with van der Waals surface area (Å²) >= 11 is 1.54. The minimum absolute atomic E-state index is 0.237. The largest absolute Gasteiger partial charge is 0.377 e. The van der Waals surface area contributed by atoms with Gasteiger partial charge in [0.15, 0.2) is 11.4 Å². The Morgan fingerprint density at radius 1 is 1.50 bits per heavy atom. The molecule has 2 aliphatic rings. The molecule has 1 aliphatic heterocycles. The molecule has 18 heavy (non-hydrogen) atoms. The minimum atomic E-state index is 0.237. The number of anilines is 1. The highest BCUT2D eigenvalue weighted by atomic mass is 32.1. The summed E-state index contributed by atoms with van der Waals surface area (Å²) in [6.07, 6.45) is 4.60. The van der Waals surface area contributed by atoms with Crippen molar-refractivity contribution in [3.63, 3.8) is 0 Å². The van der Waals surface area contributed by atoms with Gasteiger partial charge in [0.25, 0.3) is 0 Å². The van der Waals surface area contributed by atoms with Gasteiger partial charge in [-0.1, -0.05) is 11.3 Å². The van der Waals surface area contributed by atoms with Crippen LogP contribution in [0.4, 0.5) is 5.13 Å². The fraction of sp³-hybridized carbons (Fsp3) is 0.692. The summed E-state index contributed by atoms with van der Waals surface area (Å²) in [5.74, 6) is 0.538. The van der Waals surface area contributed by atoms with Crippen LogP contribution in [-0.4, -0.2) is 37.1 Å². The Hall–Kier alpha value is -0.940. The summed E-state index contributed by atoms with van der Waals surface area (Å²) in [5, 5.41) is 0.997. The van der Waals surface area contributed by atoms with Crippen LogP contribution in [0.2, 0.25) is 0 Å². The van der Waals surface area contributed by atoms with Crippen molar-refractivity contribution in [2.45, 2.75) is 38.2 Å². The number of aldehydes is 1. The molecule has 0 bridgehead atoms. The summed E-state index contributed by atoms with van der Waals surface area (Å²) in [6, 6.07) is 0. The normalized spacial score (nSPS) is 24.9. The SMILES string of the molecule is CC1CN(c2nc(C3CC3)c(C=O)s2)CCCO1. The molecule has 3 rings (SSSR count). The van der Waals surface area contributed by atoms with Crippen molar-refractivity contribution in [3.05, 3.63) is 10.6 Å². The molecule has 0 N–H and O–H groups in total. The lowest BCUT2D eigenvalue weighted by atomic mass is 10.3. The first-order valence-corrected chi connectivity index (χ1v) is 7.42. The number of rotatable bonds is 3. The average Bonchev–Trinajstić information content (AvgIpc) is 3.15. The number of carbonyl (C=O) groups is 1. The van der Waals surface area contributed by atoms with Crippen LogP contribution in [0.5, 0.6) is 0 Å². The number of nitrogens with zero attached hydrogens (tertiary/aromatic N) is 2. The van der Waals surface area contributed by atoms with Crippen LogP contribution < -0.4 is 4.90 Å². The van der Waals surface area contributed by atoms with Crippen molar-refractivity contribution in [2.75, 3.05) is 24.6 Å². The van der Waals surface area contributed by atoms with Gasteiger partial charge in [-0.3, -0.25) is 4.79 Å². The zero-order valence-electron chi connectivity index (χ0n) is 10.6. The smallest absolute Gasteiger partial charge is 0.186 e. The molecule has 0 radical (unpaired) electrons. The third-order valence-electron chi connectivity index (χ3n) is 3.46. The van der Waals surface area contributed by atoms with Gasteiger partial charge >= 0.3 is 0 Å². The second-order valence-corrected chi connectivity index (χ2v) is 6.13. The number of carbonyl (C=O) groups excluding carboxylic acids is 1. The van der Waals surface area contributed by atoms with Crippen molar-refractivity contribution >= 4 is 22.8 Å². The Kier molecular flexibility index (Phi) is 3.35. The summed E-state index contributed by atoms with van der Waals surface area (Å²) in [4.78, 5) is 18.9. The van der Waals surface area contributed by atoms with E-state index in [1.54, 1.807) is 0 Å². The first kappa shape index (κ1) is 12.1. The molecule has 1 unspecified atom stereocenters. The van der Waals surface area contributed by atoms with Gasteiger partial charge in [-0.15, -0.1) is 0 Å². The van der Waals surface area contributed by atoms with Crippen LogP contribution in [0.3, 0.4) is 0 Å². The molecule has 2 fully saturated rings. The standard InChI is InChI=1S/C13H18N2O2S/c1-9-7-15(5-2-6-17-9)13-14-12(10-3-4-10)11(8-16)18-13/h8-10H,2-7H2,1H3. The van der Waals surface area contributed by atoms with Crippen LogP contribution in [0.15, 0.2) is 0 Å². The summed E-state index contributed by atoms with van der Waals surface area (Å²) in [5.41, 5.74) is 1.03. The molecule has 0 amide bonds. The Labute approximate surface area is 111 Å². The third kappa shape index (κ3) is 2.42. The number of aromatic nitrogens is 1. The zero-order chi connectivity index (χ0) is 12.5. The van der Waals surface area contributed by atoms with Crippen LogP contribution >= 0.6 is 11.3 Å². The maximum Gasteiger partial charge on any atom is 0.186 e. The highest BCUT2D eigenvalue weighted by molar-refractivity contribution is 7.17. The molecule has 98 valence electrons. The topological polar surface area (TPSA) is 42.4 Å². The quantitative estimate of drug-likeness (QED) is 0.788. The molecule has 4 nitrogen and oxygen atoms in total. The van der Waals surface area contributed by atoms with Crippen LogP contribution in [0.1, 0.15) is 47.5 Å². The van der Waals surface area contributed by atoms with Crippen molar-refractivity contribution in [2.24, 2.45) is 0 Å². The van der Waals surface area contributed by atoms with Gasteiger partial charge in [0.1, 0.15) is 0 Å². The molecule has 2 heterocycles. The van der Waals surface area contributed by atoms with Crippen molar-refractivity contribution < 1.29 is 9.53 Å². The van der Waals surface area contributed by atoms with E-state index in [9.17, 15) is 4.79 Å². The molecule has 1 aliphatic carbocycles. The van der Waals surface area contributed by atoms with E-state index >= 15 is 0 Å². The van der Waals surface area contributed by atoms with Crippen LogP contribution in [0, 0.1) is 0 Å². The predicted octanol–water partition coefficient (Wildman–Crippen LogP) is 2.45. The van der Waals surface area contributed by atoms with Gasteiger partial charge in [0, 0.05) is 25.6 Å². The highest BCUT2D eigenvalue weighted by Crippen LogP contribution is 2.43. The Morgan fingerprint density at radius 2 is 2.33 bits per heavy atom. The second kappa shape index (κ2) is 4.97. The maximum absolute atomic E-state index is 11.1. The summed E-state index contributed by atoms with van der Waals surface area (Å²) in [7, 11) is 0. The Bertz CT molecular complexity index is 442. The Morgan fingerprint density at radius 3 is 3.06 bits per heavy atom. The molecule has 1 saturated heterocycles. The van der Waals surface area contributed by atoms with Gasteiger partial charge < -0.3 is 9.64 Å². The van der Waals surface area contributed by atoms with Gasteiger partial charge in [0.2, 0.25) is 0 Å². The van der Waals surface area contributed by atoms with E-state index in [1.165, 1.54) is 24.2 Å². The van der Waals surface area contributed by atoms with Crippen molar-refractivity contribution in [1.82, 2.24) is 4.98 Å². The van der Waals surface area contributed by atoms with Crippen molar-refractivity contribution in [3.8, 4) is 0 Å². The molecule has 0 aromatic carbocycles. The molecular formula is C13H18N2O2S. The molecule has 1 aromatic rings. The van der Waals surface area contributed by atoms with E-state index in [1.807, 2.05) is 0 Å². The highest BCUT2D eigenvalue weighted by Gasteiger charge is 2.30. The zero-order valence-corrected chi connectivity index (χ0v) is 11.4. The summed E-state index contributed by atoms with van der Waals surface area (Å²) < 4.78 is 5.64. The van der Waals surface area contributed by atoms with E-state index in [-0.39, 0.29) is 6.10 Å². The van der Waals surface area contributed by atoms with E-state index in [2.05, 4.69) is 11.8 Å². The maximum atomic E-state index is 11.1. The molecule has 1 aromatic heterocycles. The number of thiazole rings is 1. The molecule has 1 atom stereocenters. The summed E-state index contributed by atoms with van der Waals surface area (Å²) in [6.45, 7) is 4.75. The lowest BCUT2D eigenvalue weighted by Gasteiger charge is -2.20. The lowest BCUT2D eigenvalue weighted by molar-refractivity contribution is 0.0821. The van der Waals surface area contributed by atoms with Gasteiger partial charge in [-0.25, -0.2) is 4.98 Å². The van der Waals surface area contributed by atoms with Gasteiger partial charge in [-0.05, 0) is 26.2 Å². The Balaban J connectivity index is 1.83. The third-order valence-corrected chi connectivity index (χ3v) is 4.52. The number of hydrogen-bond donors (Lipinski definition) is 0. The molecule has 0 spiro atoms. The fourth-order valence-corrected chi connectivity index (χ4v) is 3.37. The van der Waals surface area contributed by atoms with E-state index in [4.69, 9.17) is 9.72 Å². The average molecular weight is 266 g/mol. The van der Waals surface area contributed by atoms with E-state index in [0.717, 1.165) is 48.1 Å². The monoisotopic (exact) mass is 266 g/mol.